The van der Waals surface area contributed by atoms with Crippen LogP contribution in [-0.2, 0) is 9.47 Å². The number of carbonyl (C=O) groups is 1. The summed E-state index contributed by atoms with van der Waals surface area (Å²) in [6, 6.07) is 3.79. The monoisotopic (exact) mass is 476 g/mol. The van der Waals surface area contributed by atoms with Crippen molar-refractivity contribution in [3.8, 4) is 11.5 Å². The first kappa shape index (κ1) is 22.3. The van der Waals surface area contributed by atoms with Gasteiger partial charge in [0.05, 0.1) is 49.9 Å². The Kier molecular flexibility index (Phi) is 5.71. The lowest BCUT2D eigenvalue weighted by atomic mass is 9.95. The number of halogens is 2. The largest absolute Gasteiger partial charge is 0.493 e. The van der Waals surface area contributed by atoms with Gasteiger partial charge >= 0.3 is 6.03 Å². The molecule has 2 aliphatic heterocycles. The molecule has 34 heavy (non-hydrogen) atoms. The van der Waals surface area contributed by atoms with Crippen molar-refractivity contribution in [2.45, 2.75) is 30.6 Å². The Balaban J connectivity index is 1.41. The van der Waals surface area contributed by atoms with Crippen LogP contribution in [0.3, 0.4) is 0 Å². The molecule has 10 nitrogen and oxygen atoms in total. The molecule has 5 unspecified atom stereocenters. The van der Waals surface area contributed by atoms with Gasteiger partial charge in [0.25, 0.3) is 0 Å². The van der Waals surface area contributed by atoms with Crippen LogP contribution in [0.15, 0.2) is 36.7 Å². The van der Waals surface area contributed by atoms with Crippen LogP contribution in [0.1, 0.15) is 6.04 Å². The molecule has 12 heteroatoms. The van der Waals surface area contributed by atoms with Gasteiger partial charge in [-0.25, -0.2) is 18.6 Å². The van der Waals surface area contributed by atoms with Gasteiger partial charge in [0.1, 0.15) is 29.9 Å². The Labute approximate surface area is 192 Å². The van der Waals surface area contributed by atoms with Gasteiger partial charge in [0.2, 0.25) is 0 Å². The van der Waals surface area contributed by atoms with Crippen molar-refractivity contribution in [3.05, 3.63) is 48.3 Å². The normalized spacial score (nSPS) is 25.9. The van der Waals surface area contributed by atoms with E-state index in [0.29, 0.717) is 28.6 Å². The van der Waals surface area contributed by atoms with E-state index in [1.807, 2.05) is 0 Å². The summed E-state index contributed by atoms with van der Waals surface area (Å²) in [6.07, 6.45) is -1.00. The minimum absolute atomic E-state index is 0.137. The molecule has 2 bridgehead atoms. The number of urea groups is 1. The van der Waals surface area contributed by atoms with Gasteiger partial charge in [-0.05, 0) is 12.1 Å². The SMILES string of the molecule is COc1cc2ncn(C3C4OCC(O4)C(NC(=O)Nc4ccc(F)cc4F)C3O)c2cc1OC. The summed E-state index contributed by atoms with van der Waals surface area (Å²) in [5.74, 6) is -0.712. The molecular formula is C22H22F2N4O6. The second-order valence-electron chi connectivity index (χ2n) is 7.95. The van der Waals surface area contributed by atoms with E-state index in [4.69, 9.17) is 18.9 Å². The van der Waals surface area contributed by atoms with Gasteiger partial charge in [-0.2, -0.15) is 0 Å². The highest BCUT2D eigenvalue weighted by Crippen LogP contribution is 2.39. The van der Waals surface area contributed by atoms with Crippen molar-refractivity contribution in [3.63, 3.8) is 0 Å². The second-order valence-corrected chi connectivity index (χ2v) is 7.95. The van der Waals surface area contributed by atoms with Gasteiger partial charge in [-0.1, -0.05) is 0 Å². The minimum atomic E-state index is -1.14. The number of ether oxygens (including phenoxy) is 4. The molecule has 0 aliphatic carbocycles. The van der Waals surface area contributed by atoms with Crippen LogP contribution in [0.2, 0.25) is 0 Å². The first-order valence-corrected chi connectivity index (χ1v) is 10.5. The summed E-state index contributed by atoms with van der Waals surface area (Å²) in [7, 11) is 3.03. The highest BCUT2D eigenvalue weighted by Gasteiger charge is 2.51. The third-order valence-corrected chi connectivity index (χ3v) is 6.01. The molecule has 2 aliphatic rings. The Hall–Kier alpha value is -3.48. The van der Waals surface area contributed by atoms with Gasteiger partial charge in [0.15, 0.2) is 17.8 Å². The molecule has 5 rings (SSSR count). The number of aliphatic hydroxyl groups is 1. The van der Waals surface area contributed by atoms with E-state index in [1.165, 1.54) is 20.5 Å². The van der Waals surface area contributed by atoms with Gasteiger partial charge in [0, 0.05) is 18.2 Å². The standard InChI is InChI=1S/C22H22F2N4O6/c1-31-15-6-13-14(7-16(15)32-2)28(9-25-13)19-20(29)18(17-8-33-21(19)34-17)27-22(30)26-12-4-3-10(23)5-11(12)24/h3-7,9,17-21,29H,8H2,1-2H3,(H2,26,27,30). The average Bonchev–Trinajstić information content (AvgIpc) is 3.43. The third-order valence-electron chi connectivity index (χ3n) is 6.01. The van der Waals surface area contributed by atoms with Crippen LogP contribution >= 0.6 is 0 Å². The highest BCUT2D eigenvalue weighted by molar-refractivity contribution is 5.89. The van der Waals surface area contributed by atoms with E-state index < -0.39 is 48.2 Å². The van der Waals surface area contributed by atoms with E-state index in [1.54, 1.807) is 16.7 Å². The maximum absolute atomic E-state index is 13.9. The molecule has 5 atom stereocenters. The van der Waals surface area contributed by atoms with Crippen molar-refractivity contribution in [1.29, 1.82) is 0 Å². The number of hydrogen-bond acceptors (Lipinski definition) is 7. The van der Waals surface area contributed by atoms with Crippen LogP contribution in [0.25, 0.3) is 11.0 Å². The number of anilines is 1. The molecule has 3 aromatic rings. The van der Waals surface area contributed by atoms with Crippen molar-refractivity contribution in [2.24, 2.45) is 0 Å². The molecule has 2 amide bonds. The molecule has 1 aromatic heterocycles. The van der Waals surface area contributed by atoms with Crippen LogP contribution < -0.4 is 20.1 Å². The first-order valence-electron chi connectivity index (χ1n) is 10.5. The first-order chi connectivity index (χ1) is 16.4. The fraction of sp³-hybridized carbons (Fsp3) is 0.364. The van der Waals surface area contributed by atoms with Crippen molar-refractivity contribution >= 4 is 22.8 Å². The third kappa shape index (κ3) is 3.79. The van der Waals surface area contributed by atoms with Gasteiger partial charge in [-0.15, -0.1) is 0 Å². The van der Waals surface area contributed by atoms with Gasteiger partial charge < -0.3 is 39.3 Å². The van der Waals surface area contributed by atoms with Crippen LogP contribution in [0, 0.1) is 11.6 Å². The van der Waals surface area contributed by atoms with E-state index >= 15 is 0 Å². The molecule has 0 saturated carbocycles. The van der Waals surface area contributed by atoms with Crippen molar-refractivity contribution in [1.82, 2.24) is 14.9 Å². The number of aliphatic hydroxyl groups excluding tert-OH is 1. The molecule has 0 spiro atoms. The highest BCUT2D eigenvalue weighted by atomic mass is 19.1. The number of nitrogens with zero attached hydrogens (tertiary/aromatic N) is 2. The number of aromatic nitrogens is 2. The number of rotatable bonds is 5. The lowest BCUT2D eigenvalue weighted by molar-refractivity contribution is -0.162. The number of carbonyl (C=O) groups excluding carboxylic acids is 1. The smallest absolute Gasteiger partial charge is 0.319 e. The van der Waals surface area contributed by atoms with Crippen molar-refractivity contribution < 1.29 is 37.6 Å². The zero-order chi connectivity index (χ0) is 24.0. The molecule has 0 radical (unpaired) electrons. The van der Waals surface area contributed by atoms with Crippen LogP contribution in [0.5, 0.6) is 11.5 Å². The Bertz CT molecular complexity index is 1240. The maximum atomic E-state index is 13.9. The van der Waals surface area contributed by atoms with E-state index in [-0.39, 0.29) is 12.3 Å². The second kappa shape index (κ2) is 8.70. The predicted molar refractivity (Wildman–Crippen MR) is 115 cm³/mol. The number of fused-ring (bicyclic) bond motifs is 3. The molecule has 3 heterocycles. The number of methoxy groups -OCH3 is 2. The Morgan fingerprint density at radius 2 is 1.97 bits per heavy atom. The number of imidazole rings is 1. The summed E-state index contributed by atoms with van der Waals surface area (Å²) in [4.78, 5) is 16.9. The van der Waals surface area contributed by atoms with Crippen LogP contribution in [-0.4, -0.2) is 66.1 Å². The fourth-order valence-corrected chi connectivity index (χ4v) is 4.37. The topological polar surface area (TPSA) is 116 Å². The number of hydrogen-bond donors (Lipinski definition) is 3. The Morgan fingerprint density at radius 3 is 2.71 bits per heavy atom. The summed E-state index contributed by atoms with van der Waals surface area (Å²) in [5, 5.41) is 16.2. The Morgan fingerprint density at radius 1 is 1.21 bits per heavy atom. The fourth-order valence-electron chi connectivity index (χ4n) is 4.37. The maximum Gasteiger partial charge on any atom is 0.319 e. The zero-order valence-electron chi connectivity index (χ0n) is 18.2. The predicted octanol–water partition coefficient (Wildman–Crippen LogP) is 2.18. The molecular weight excluding hydrogens is 454 g/mol. The summed E-state index contributed by atoms with van der Waals surface area (Å²) in [6.45, 7) is 0.137. The zero-order valence-corrected chi connectivity index (χ0v) is 18.2. The molecule has 2 saturated heterocycles. The summed E-state index contributed by atoms with van der Waals surface area (Å²) >= 11 is 0. The van der Waals surface area contributed by atoms with E-state index in [2.05, 4.69) is 15.6 Å². The van der Waals surface area contributed by atoms with Gasteiger partial charge in [-0.3, -0.25) is 0 Å². The van der Waals surface area contributed by atoms with Crippen LogP contribution in [0.4, 0.5) is 19.3 Å². The lowest BCUT2D eigenvalue weighted by Gasteiger charge is -2.39. The summed E-state index contributed by atoms with van der Waals surface area (Å²) in [5.41, 5.74) is 1.03. The van der Waals surface area contributed by atoms with Crippen molar-refractivity contribution in [2.75, 3.05) is 26.1 Å². The molecule has 2 fully saturated rings. The average molecular weight is 476 g/mol. The quantitative estimate of drug-likeness (QED) is 0.517. The van der Waals surface area contributed by atoms with E-state index in [9.17, 15) is 18.7 Å². The lowest BCUT2D eigenvalue weighted by Crippen LogP contribution is -2.59. The summed E-state index contributed by atoms with van der Waals surface area (Å²) < 4.78 is 51.1. The molecule has 2 aromatic carbocycles. The number of nitrogens with one attached hydrogen (secondary N) is 2. The number of amides is 2. The molecule has 3 N–H and O–H groups in total. The minimum Gasteiger partial charge on any atom is -0.493 e. The van der Waals surface area contributed by atoms with E-state index in [0.717, 1.165) is 12.1 Å². The molecule has 180 valence electrons. The number of benzene rings is 2.